The Morgan fingerprint density at radius 2 is 0.321 bits per heavy atom. The summed E-state index contributed by atoms with van der Waals surface area (Å²) in [5.41, 5.74) is -5.99. The second-order valence-corrected chi connectivity index (χ2v) is 19.9. The van der Waals surface area contributed by atoms with E-state index in [0.29, 0.717) is 0 Å². The number of fused-ring (bicyclic) bond motifs is 10. The zero-order chi connectivity index (χ0) is 59.6. The summed E-state index contributed by atoms with van der Waals surface area (Å²) in [5.74, 6) is 0. The van der Waals surface area contributed by atoms with E-state index >= 15 is 0 Å². The third-order valence-electron chi connectivity index (χ3n) is 16.0. The van der Waals surface area contributed by atoms with Crippen molar-refractivity contribution in [1.82, 2.24) is 0 Å². The van der Waals surface area contributed by atoms with Gasteiger partial charge in [0.15, 0.2) is 0 Å². The van der Waals surface area contributed by atoms with Crippen LogP contribution in [0.25, 0.3) is 109 Å². The van der Waals surface area contributed by atoms with Gasteiger partial charge >= 0.3 is 0 Å². The first kappa shape index (κ1) is 58.0. The molecule has 0 aliphatic heterocycles. The monoisotopic (exact) mass is 946 g/mol. The summed E-state index contributed by atoms with van der Waals surface area (Å²) in [7, 11) is 206. The maximum atomic E-state index is 7.49. The molecule has 1 heterocycles. The van der Waals surface area contributed by atoms with Crippen molar-refractivity contribution >= 4 is 475 Å². The minimum Gasteiger partial charge on any atom is -0.456 e. The molecule has 0 saturated carbocycles. The number of hydrogen-bond donors (Lipinski definition) is 0. The fourth-order valence-corrected chi connectivity index (χ4v) is 11.8. The molecule has 81 heavy (non-hydrogen) atoms. The van der Waals surface area contributed by atoms with Gasteiger partial charge in [-0.3, -0.25) is 0 Å². The molecular formula is C50B30O. The van der Waals surface area contributed by atoms with Gasteiger partial charge in [0.25, 0.3) is 0 Å². The van der Waals surface area contributed by atoms with Crippen LogP contribution in [-0.4, -0.2) is 235 Å². The van der Waals surface area contributed by atoms with Crippen LogP contribution in [0.15, 0.2) is 4.42 Å². The normalized spacial score (nSPS) is 12.0. The van der Waals surface area contributed by atoms with Crippen LogP contribution in [0.2, 0.25) is 0 Å². The SMILES string of the molecule is [B]c1c([B])c(-c2c([B])c([B])c3c([B])c([B])c4c([B])c([B])c([B])c([B])c4c3c2[B])c([B])c(-c2c3c([B])c([B])c([B])c([B])c3c(-c3c([B])c([B])c([B])c4oc5c6c([B])c([B])c([B])c([B])c6c([B])c([B])c5c34)c3c([B])c([B])c([B])c([B])c23)c1[B]. The van der Waals surface area contributed by atoms with Gasteiger partial charge in [0, 0.05) is 16.2 Å². The van der Waals surface area contributed by atoms with Crippen LogP contribution < -0.4 is 164 Å². The lowest BCUT2D eigenvalue weighted by Gasteiger charge is -2.33. The van der Waals surface area contributed by atoms with Crippen molar-refractivity contribution in [3.8, 4) is 33.4 Å². The molecule has 0 spiro atoms. The van der Waals surface area contributed by atoms with E-state index in [2.05, 4.69) is 0 Å². The number of hydrogen-bond acceptors (Lipinski definition) is 1. The Bertz CT molecular complexity index is 4850. The van der Waals surface area contributed by atoms with Crippen LogP contribution in [0, 0.1) is 0 Å². The van der Waals surface area contributed by atoms with Crippen molar-refractivity contribution in [2.24, 2.45) is 0 Å². The molecular weight excluding hydrogens is 941 g/mol. The molecule has 0 fully saturated rings. The summed E-state index contributed by atoms with van der Waals surface area (Å²) in [6, 6.07) is 0. The number of furan rings is 1. The van der Waals surface area contributed by atoms with E-state index in [0.717, 1.165) is 0 Å². The van der Waals surface area contributed by atoms with Gasteiger partial charge in [-0.15, -0.1) is 54.6 Å². The van der Waals surface area contributed by atoms with Gasteiger partial charge in [-0.2, -0.15) is 0 Å². The maximum absolute atomic E-state index is 7.49. The summed E-state index contributed by atoms with van der Waals surface area (Å²) in [5, 5.41) is 0.382. The molecule has 296 valence electrons. The average Bonchev–Trinajstić information content (AvgIpc) is 4.11. The van der Waals surface area contributed by atoms with Crippen molar-refractivity contribution in [1.29, 1.82) is 0 Å². The Balaban J connectivity index is 1.42. The Hall–Kier alpha value is -4.75. The van der Waals surface area contributed by atoms with E-state index in [1.165, 1.54) is 0 Å². The lowest BCUT2D eigenvalue weighted by atomic mass is 9.55. The van der Waals surface area contributed by atoms with Gasteiger partial charge in [-0.25, -0.2) is 0 Å². The van der Waals surface area contributed by atoms with Crippen molar-refractivity contribution < 1.29 is 4.42 Å². The van der Waals surface area contributed by atoms with E-state index in [9.17, 15) is 0 Å². The second kappa shape index (κ2) is 19.4. The van der Waals surface area contributed by atoms with Crippen LogP contribution in [0.1, 0.15) is 0 Å². The number of benzene rings is 10. The van der Waals surface area contributed by atoms with Gasteiger partial charge < -0.3 is 4.42 Å². The predicted octanol–water partition coefficient (Wildman–Crippen LogP) is -21.8. The highest BCUT2D eigenvalue weighted by molar-refractivity contribution is 6.79. The molecule has 0 atom stereocenters. The van der Waals surface area contributed by atoms with Gasteiger partial charge in [0.2, 0.25) is 0 Å². The summed E-state index contributed by atoms with van der Waals surface area (Å²) < 4.78 is 6.64. The molecule has 0 N–H and O–H groups in total. The van der Waals surface area contributed by atoms with Gasteiger partial charge in [-0.1, -0.05) is 109 Å². The summed E-state index contributed by atoms with van der Waals surface area (Å²) in [6.07, 6.45) is 0. The fraction of sp³-hybridized carbons (Fsp3) is 0. The largest absolute Gasteiger partial charge is 0.456 e. The average molecular weight is 941 g/mol. The van der Waals surface area contributed by atoms with E-state index < -0.39 is 0 Å². The predicted molar refractivity (Wildman–Crippen MR) is 379 cm³/mol. The molecule has 11 aromatic rings. The first-order valence-corrected chi connectivity index (χ1v) is 23.8. The molecule has 1 nitrogen and oxygen atoms in total. The van der Waals surface area contributed by atoms with E-state index in [-0.39, 0.29) is 273 Å². The molecule has 60 radical (unpaired) electrons. The molecule has 10 aromatic carbocycles. The van der Waals surface area contributed by atoms with E-state index in [1.807, 2.05) is 0 Å². The summed E-state index contributed by atoms with van der Waals surface area (Å²) >= 11 is 0. The standard InChI is InChI=1S/C50B30O/c51-19-8-9-13(33(65)44(76)43(75)26(9)58)29(61)27(59)12(8)28(60)30(62)14(19)15-20(52)11(32(64)38(70)34(15)66)2-5-3(21(53)39(71)41(73)23(5)55)1(4-6(2)24(56)42(74)40(72)22(4)54)7-10-17-36(68)31(63)16-18(37(69)46(78)45(77)35(16)67)49(17)81-50(10)48(80)47(79)25(7)57. The Kier molecular flexibility index (Phi) is 13.9. The van der Waals surface area contributed by atoms with Crippen LogP contribution in [0.3, 0.4) is 0 Å². The summed E-state index contributed by atoms with van der Waals surface area (Å²) in [4.78, 5) is 0. The van der Waals surface area contributed by atoms with Crippen LogP contribution in [-0.2, 0) is 0 Å². The first-order valence-electron chi connectivity index (χ1n) is 23.8. The van der Waals surface area contributed by atoms with Crippen molar-refractivity contribution in [2.45, 2.75) is 0 Å². The molecule has 0 amide bonds. The zero-order valence-electron chi connectivity index (χ0n) is 42.7. The zero-order valence-corrected chi connectivity index (χ0v) is 42.7. The smallest absolute Gasteiger partial charge is 0.141 e. The molecule has 0 aliphatic carbocycles. The van der Waals surface area contributed by atoms with Crippen molar-refractivity contribution in [3.63, 3.8) is 0 Å². The molecule has 0 bridgehead atoms. The minimum atomic E-state index is -0.302. The second-order valence-electron chi connectivity index (χ2n) is 19.9. The lowest BCUT2D eigenvalue weighted by Crippen LogP contribution is -2.52. The molecule has 1 aromatic heterocycles. The van der Waals surface area contributed by atoms with E-state index in [1.54, 1.807) is 0 Å². The topological polar surface area (TPSA) is 13.1 Å². The first-order chi connectivity index (χ1) is 37.8. The highest BCUT2D eigenvalue weighted by Crippen LogP contribution is 2.43. The highest BCUT2D eigenvalue weighted by Gasteiger charge is 2.32. The third kappa shape index (κ3) is 7.30. The molecule has 11 rings (SSSR count). The molecule has 31 heteroatoms. The lowest BCUT2D eigenvalue weighted by molar-refractivity contribution is 0.676. The van der Waals surface area contributed by atoms with Crippen LogP contribution in [0.5, 0.6) is 0 Å². The van der Waals surface area contributed by atoms with Gasteiger partial charge in [0.05, 0.1) is 0 Å². The summed E-state index contributed by atoms with van der Waals surface area (Å²) in [6.45, 7) is 0. The Labute approximate surface area is 509 Å². The van der Waals surface area contributed by atoms with Crippen LogP contribution >= 0.6 is 0 Å². The van der Waals surface area contributed by atoms with Crippen molar-refractivity contribution in [3.05, 3.63) is 0 Å². The Morgan fingerprint density at radius 1 is 0.111 bits per heavy atom. The Morgan fingerprint density at radius 3 is 0.728 bits per heavy atom. The maximum Gasteiger partial charge on any atom is 0.141 e. The molecule has 0 saturated heterocycles. The molecule has 0 unspecified atom stereocenters. The third-order valence-corrected chi connectivity index (χ3v) is 16.0. The van der Waals surface area contributed by atoms with Crippen LogP contribution in [0.4, 0.5) is 0 Å². The van der Waals surface area contributed by atoms with Crippen molar-refractivity contribution in [2.75, 3.05) is 0 Å². The van der Waals surface area contributed by atoms with Gasteiger partial charge in [0.1, 0.15) is 247 Å². The minimum absolute atomic E-state index is 0.0329. The highest BCUT2D eigenvalue weighted by atomic mass is 16.3. The quantitative estimate of drug-likeness (QED) is 0.0977. The number of rotatable bonds is 3. The van der Waals surface area contributed by atoms with E-state index in [4.69, 9.17) is 240 Å². The molecule has 0 aliphatic rings. The fourth-order valence-electron chi connectivity index (χ4n) is 11.8. The van der Waals surface area contributed by atoms with Gasteiger partial charge in [-0.05, 0) is 81.9 Å².